The van der Waals surface area contributed by atoms with Crippen molar-refractivity contribution in [1.29, 1.82) is 0 Å². The first-order valence-corrected chi connectivity index (χ1v) is 10.6. The summed E-state index contributed by atoms with van der Waals surface area (Å²) in [6.45, 7) is 5.84. The predicted octanol–water partition coefficient (Wildman–Crippen LogP) is 1.75. The number of carbonyl (C=O) groups excluding carboxylic acids is 1. The van der Waals surface area contributed by atoms with E-state index in [1.165, 1.54) is 6.20 Å². The zero-order valence-corrected chi connectivity index (χ0v) is 23.9. The van der Waals surface area contributed by atoms with Gasteiger partial charge < -0.3 is 26.7 Å². The van der Waals surface area contributed by atoms with Gasteiger partial charge >= 0.3 is 57.6 Å². The van der Waals surface area contributed by atoms with Crippen LogP contribution >= 0.6 is 0 Å². The van der Waals surface area contributed by atoms with Crippen molar-refractivity contribution in [2.45, 2.75) is 32.5 Å². The Bertz CT molecular complexity index is 1060. The second-order valence-corrected chi connectivity index (χ2v) is 7.71. The standard InChI is InChI=1S/C24H29F3N6O.K/c1-6-7-10-20(16-32(3)4)29-13-12-28-17(2)18-9-8-11-19(14-18)30-23(34)21-15-22(24(25,26)27)33(5)31-21;/h7-11,13-17,28H,6H2,1-5H3,(H,30,34);/q-2;+1/b10-7+,29-20?;. The van der Waals surface area contributed by atoms with Gasteiger partial charge in [-0.2, -0.15) is 30.4 Å². The van der Waals surface area contributed by atoms with Crippen LogP contribution < -0.4 is 62.0 Å². The normalized spacial score (nSPS) is 13.2. The summed E-state index contributed by atoms with van der Waals surface area (Å²) in [4.78, 5) is 18.7. The van der Waals surface area contributed by atoms with Gasteiger partial charge in [0.2, 0.25) is 0 Å². The molecule has 0 fully saturated rings. The number of benzene rings is 1. The molecule has 7 nitrogen and oxygen atoms in total. The van der Waals surface area contributed by atoms with Crippen LogP contribution in [0.15, 0.2) is 53.7 Å². The number of nitrogens with zero attached hydrogens (tertiary/aromatic N) is 4. The average Bonchev–Trinajstić information content (AvgIpc) is 3.17. The number of anilines is 1. The molecule has 1 aromatic carbocycles. The van der Waals surface area contributed by atoms with Crippen LogP contribution in [0, 0.1) is 12.7 Å². The van der Waals surface area contributed by atoms with Gasteiger partial charge in [-0.15, -0.1) is 12.7 Å². The molecule has 1 atom stereocenters. The molecule has 0 spiro atoms. The molecule has 1 amide bonds. The Morgan fingerprint density at radius 3 is 2.66 bits per heavy atom. The Hall–Kier alpha value is -1.89. The SMILES string of the molecule is CC/C=C/C([CH-]N(C)C)=NC=[C-]NC(C)c1cccc(NC(=O)c2cc(C(F)(F)F)n(C)n2)c1.[K+]. The maximum absolute atomic E-state index is 13.0. The van der Waals surface area contributed by atoms with Gasteiger partial charge in [-0.1, -0.05) is 31.2 Å². The monoisotopic (exact) mass is 513 g/mol. The molecular weight excluding hydrogens is 484 g/mol. The number of aliphatic imine (C=N–C) groups is 1. The number of hydrogen-bond acceptors (Lipinski definition) is 5. The first kappa shape index (κ1) is 31.1. The van der Waals surface area contributed by atoms with Gasteiger partial charge in [-0.05, 0) is 38.7 Å². The summed E-state index contributed by atoms with van der Waals surface area (Å²) in [5, 5.41) is 9.34. The van der Waals surface area contributed by atoms with Crippen LogP contribution in [-0.4, -0.2) is 40.4 Å². The fraction of sp³-hybridized carbons (Fsp3) is 0.333. The van der Waals surface area contributed by atoms with E-state index in [9.17, 15) is 18.0 Å². The Labute approximate surface area is 247 Å². The Morgan fingerprint density at radius 2 is 2.06 bits per heavy atom. The van der Waals surface area contributed by atoms with Crippen molar-refractivity contribution in [3.05, 3.63) is 78.4 Å². The van der Waals surface area contributed by atoms with Crippen LogP contribution in [0.1, 0.15) is 48.1 Å². The molecule has 2 rings (SSSR count). The minimum atomic E-state index is -4.59. The number of carbonyl (C=O) groups is 1. The number of aromatic nitrogens is 2. The van der Waals surface area contributed by atoms with Crippen LogP contribution in [0.2, 0.25) is 0 Å². The first-order valence-electron chi connectivity index (χ1n) is 10.6. The minimum Gasteiger partial charge on any atom is -0.560 e. The fourth-order valence-electron chi connectivity index (χ4n) is 2.90. The molecule has 1 heterocycles. The molecule has 2 aromatic rings. The number of allylic oxidation sites excluding steroid dienone is 1. The van der Waals surface area contributed by atoms with Crippen molar-refractivity contribution >= 4 is 17.3 Å². The number of alkyl halides is 3. The van der Waals surface area contributed by atoms with Crippen LogP contribution in [0.5, 0.6) is 0 Å². The predicted molar refractivity (Wildman–Crippen MR) is 127 cm³/mol. The molecule has 0 radical (unpaired) electrons. The third kappa shape index (κ3) is 10.3. The molecule has 0 aliphatic rings. The molecular formula is C24H29F3KN6O-. The minimum absolute atomic E-state index is 0. The number of aryl methyl sites for hydroxylation is 1. The van der Waals surface area contributed by atoms with Crippen molar-refractivity contribution in [2.75, 3.05) is 19.4 Å². The summed E-state index contributed by atoms with van der Waals surface area (Å²) in [6.07, 6.45) is 4.72. The van der Waals surface area contributed by atoms with Crippen molar-refractivity contribution in [3.8, 4) is 0 Å². The van der Waals surface area contributed by atoms with Crippen molar-refractivity contribution in [3.63, 3.8) is 0 Å². The van der Waals surface area contributed by atoms with Crippen LogP contribution in [0.3, 0.4) is 0 Å². The summed E-state index contributed by atoms with van der Waals surface area (Å²) in [5.41, 5.74) is 0.742. The Morgan fingerprint density at radius 1 is 1.34 bits per heavy atom. The molecule has 2 N–H and O–H groups in total. The van der Waals surface area contributed by atoms with E-state index in [-0.39, 0.29) is 63.1 Å². The van der Waals surface area contributed by atoms with E-state index in [1.807, 2.05) is 57.6 Å². The summed E-state index contributed by atoms with van der Waals surface area (Å²) in [7, 11) is 4.97. The molecule has 0 saturated heterocycles. The van der Waals surface area contributed by atoms with Gasteiger partial charge in [0.15, 0.2) is 5.69 Å². The Kier molecular flexibility index (Phi) is 13.0. The molecule has 0 saturated carbocycles. The van der Waals surface area contributed by atoms with Gasteiger partial charge in [0.05, 0.1) is 0 Å². The molecule has 184 valence electrons. The number of rotatable bonds is 10. The van der Waals surface area contributed by atoms with Gasteiger partial charge in [0.1, 0.15) is 5.69 Å². The summed E-state index contributed by atoms with van der Waals surface area (Å²) < 4.78 is 39.5. The van der Waals surface area contributed by atoms with Crippen LogP contribution in [0.25, 0.3) is 0 Å². The molecule has 0 aliphatic heterocycles. The summed E-state index contributed by atoms with van der Waals surface area (Å²) in [5.74, 6) is -0.727. The molecule has 0 aliphatic carbocycles. The fourth-order valence-corrected chi connectivity index (χ4v) is 2.90. The number of amides is 1. The molecule has 0 bridgehead atoms. The largest absolute Gasteiger partial charge is 1.00 e. The van der Waals surface area contributed by atoms with Gasteiger partial charge in [-0.25, -0.2) is 0 Å². The van der Waals surface area contributed by atoms with Gasteiger partial charge in [0.25, 0.3) is 5.91 Å². The average molecular weight is 514 g/mol. The van der Waals surface area contributed by atoms with Gasteiger partial charge in [0, 0.05) is 24.8 Å². The van der Waals surface area contributed by atoms with Gasteiger partial charge in [-0.3, -0.25) is 9.48 Å². The van der Waals surface area contributed by atoms with E-state index in [0.717, 1.165) is 30.8 Å². The number of halogens is 3. The molecule has 1 aromatic heterocycles. The molecule has 11 heteroatoms. The van der Waals surface area contributed by atoms with Crippen molar-refractivity contribution < 1.29 is 69.4 Å². The van der Waals surface area contributed by atoms with Crippen LogP contribution in [0.4, 0.5) is 18.9 Å². The topological polar surface area (TPSA) is 74.5 Å². The third-order valence-corrected chi connectivity index (χ3v) is 4.54. The van der Waals surface area contributed by atoms with E-state index < -0.39 is 17.8 Å². The van der Waals surface area contributed by atoms with E-state index in [1.54, 1.807) is 18.2 Å². The zero-order chi connectivity index (χ0) is 25.3. The van der Waals surface area contributed by atoms with E-state index in [0.29, 0.717) is 10.4 Å². The van der Waals surface area contributed by atoms with E-state index in [4.69, 9.17) is 0 Å². The van der Waals surface area contributed by atoms with Crippen molar-refractivity contribution in [2.24, 2.45) is 12.0 Å². The van der Waals surface area contributed by atoms with E-state index in [2.05, 4.69) is 26.9 Å². The first-order chi connectivity index (χ1) is 16.0. The molecule has 35 heavy (non-hydrogen) atoms. The molecule has 1 unspecified atom stereocenters. The van der Waals surface area contributed by atoms with Crippen LogP contribution in [-0.2, 0) is 13.2 Å². The Balaban J connectivity index is 0.00000612. The quantitative estimate of drug-likeness (QED) is 0.220. The van der Waals surface area contributed by atoms with Crippen molar-refractivity contribution in [1.82, 2.24) is 20.0 Å². The maximum atomic E-state index is 13.0. The number of nitrogens with one attached hydrogen (secondary N) is 2. The maximum Gasteiger partial charge on any atom is 1.00 e. The smallest absolute Gasteiger partial charge is 0.560 e. The second kappa shape index (κ2) is 14.6. The summed E-state index contributed by atoms with van der Waals surface area (Å²) >= 11 is 0. The second-order valence-electron chi connectivity index (χ2n) is 7.71. The van der Waals surface area contributed by atoms with E-state index >= 15 is 0 Å². The summed E-state index contributed by atoms with van der Waals surface area (Å²) in [6, 6.07) is 7.53. The third-order valence-electron chi connectivity index (χ3n) is 4.54. The number of hydrogen-bond donors (Lipinski definition) is 2. The zero-order valence-electron chi connectivity index (χ0n) is 20.8.